The average Bonchev–Trinajstić information content (AvgIpc) is 2.73. The highest BCUT2D eigenvalue weighted by atomic mass is 32.1. The van der Waals surface area contributed by atoms with Crippen LogP contribution in [0.1, 0.15) is 23.3 Å². The third kappa shape index (κ3) is 1.48. The molecule has 0 radical (unpaired) electrons. The molecule has 0 saturated heterocycles. The molecule has 0 aliphatic carbocycles. The summed E-state index contributed by atoms with van der Waals surface area (Å²) in [4.78, 5) is 2.66. The first-order valence-electron chi connectivity index (χ1n) is 4.74. The number of aryl methyl sites for hydroxylation is 3. The van der Waals surface area contributed by atoms with Crippen molar-refractivity contribution in [1.29, 1.82) is 0 Å². The van der Waals surface area contributed by atoms with Gasteiger partial charge in [-0.25, -0.2) is 0 Å². The molecule has 2 nitrogen and oxygen atoms in total. The summed E-state index contributed by atoms with van der Waals surface area (Å²) in [5, 5.41) is 3.96. The topological polar surface area (TPSA) is 26.0 Å². The predicted octanol–water partition coefficient (Wildman–Crippen LogP) is 3.58. The van der Waals surface area contributed by atoms with Crippen molar-refractivity contribution in [3.05, 3.63) is 28.5 Å². The molecule has 0 N–H and O–H groups in total. The van der Waals surface area contributed by atoms with Crippen LogP contribution in [0.3, 0.4) is 0 Å². The van der Waals surface area contributed by atoms with Crippen molar-refractivity contribution in [2.45, 2.75) is 27.2 Å². The lowest BCUT2D eigenvalue weighted by atomic mass is 10.2. The Labute approximate surface area is 87.6 Å². The Bertz CT molecular complexity index is 422. The number of thiophene rings is 1. The minimum atomic E-state index is 0.909. The van der Waals surface area contributed by atoms with Gasteiger partial charge >= 0.3 is 0 Å². The highest BCUT2D eigenvalue weighted by Gasteiger charge is 2.12. The molecular weight excluding hydrogens is 194 g/mol. The predicted molar refractivity (Wildman–Crippen MR) is 58.7 cm³/mol. The first kappa shape index (κ1) is 9.46. The Morgan fingerprint density at radius 3 is 2.64 bits per heavy atom. The fourth-order valence-electron chi connectivity index (χ4n) is 1.54. The maximum atomic E-state index is 5.15. The monoisotopic (exact) mass is 207 g/mol. The molecule has 74 valence electrons. The molecule has 2 aromatic heterocycles. The first-order valence-corrected chi connectivity index (χ1v) is 5.56. The largest absolute Gasteiger partial charge is 0.361 e. The lowest BCUT2D eigenvalue weighted by molar-refractivity contribution is 0.393. The van der Waals surface area contributed by atoms with Gasteiger partial charge in [0.1, 0.15) is 5.76 Å². The van der Waals surface area contributed by atoms with Crippen LogP contribution < -0.4 is 0 Å². The van der Waals surface area contributed by atoms with Crippen LogP contribution in [-0.4, -0.2) is 5.16 Å². The zero-order valence-electron chi connectivity index (χ0n) is 8.63. The molecule has 14 heavy (non-hydrogen) atoms. The van der Waals surface area contributed by atoms with Gasteiger partial charge < -0.3 is 4.52 Å². The third-order valence-electron chi connectivity index (χ3n) is 2.29. The zero-order chi connectivity index (χ0) is 10.1. The molecule has 0 aromatic carbocycles. The number of hydrogen-bond acceptors (Lipinski definition) is 3. The Kier molecular flexibility index (Phi) is 2.42. The van der Waals surface area contributed by atoms with Crippen molar-refractivity contribution in [3.63, 3.8) is 0 Å². The Balaban J connectivity index is 2.48. The Hall–Kier alpha value is -1.09. The van der Waals surface area contributed by atoms with E-state index in [1.807, 2.05) is 25.2 Å². The third-order valence-corrected chi connectivity index (χ3v) is 3.54. The zero-order valence-corrected chi connectivity index (χ0v) is 9.44. The molecule has 0 aliphatic heterocycles. The van der Waals surface area contributed by atoms with Gasteiger partial charge in [0.15, 0.2) is 0 Å². The van der Waals surface area contributed by atoms with E-state index in [9.17, 15) is 0 Å². The van der Waals surface area contributed by atoms with Crippen molar-refractivity contribution in [2.75, 3.05) is 0 Å². The van der Waals surface area contributed by atoms with Crippen LogP contribution >= 0.6 is 11.3 Å². The number of hydrogen-bond donors (Lipinski definition) is 0. The van der Waals surface area contributed by atoms with Crippen LogP contribution in [-0.2, 0) is 6.42 Å². The molecule has 3 heteroatoms. The van der Waals surface area contributed by atoms with E-state index >= 15 is 0 Å². The molecule has 2 rings (SSSR count). The lowest BCUT2D eigenvalue weighted by Gasteiger charge is -1.93. The molecule has 0 bridgehead atoms. The maximum absolute atomic E-state index is 5.15. The van der Waals surface area contributed by atoms with E-state index in [1.165, 1.54) is 9.75 Å². The van der Waals surface area contributed by atoms with Gasteiger partial charge in [0.05, 0.1) is 11.3 Å². The minimum Gasteiger partial charge on any atom is -0.361 e. The smallest absolute Gasteiger partial charge is 0.142 e. The van der Waals surface area contributed by atoms with E-state index in [2.05, 4.69) is 24.2 Å². The SMILES string of the molecule is CCc1ccc(-c2c(C)noc2C)s1. The fourth-order valence-corrected chi connectivity index (χ4v) is 2.63. The van der Waals surface area contributed by atoms with Crippen LogP contribution in [0.4, 0.5) is 0 Å². The summed E-state index contributed by atoms with van der Waals surface area (Å²) in [6, 6.07) is 4.32. The second-order valence-electron chi connectivity index (χ2n) is 3.32. The van der Waals surface area contributed by atoms with E-state index in [-0.39, 0.29) is 0 Å². The average molecular weight is 207 g/mol. The minimum absolute atomic E-state index is 0.909. The van der Waals surface area contributed by atoms with Crippen molar-refractivity contribution in [2.24, 2.45) is 0 Å². The van der Waals surface area contributed by atoms with Crippen LogP contribution in [0, 0.1) is 13.8 Å². The fraction of sp³-hybridized carbons (Fsp3) is 0.364. The van der Waals surface area contributed by atoms with Gasteiger partial charge in [-0.15, -0.1) is 11.3 Å². The molecule has 0 atom stereocenters. The number of aromatic nitrogens is 1. The molecule has 0 amide bonds. The van der Waals surface area contributed by atoms with Crippen LogP contribution in [0.2, 0.25) is 0 Å². The summed E-state index contributed by atoms with van der Waals surface area (Å²) in [5.41, 5.74) is 2.14. The summed E-state index contributed by atoms with van der Waals surface area (Å²) in [5.74, 6) is 0.909. The normalized spacial score (nSPS) is 10.8. The van der Waals surface area contributed by atoms with E-state index in [1.54, 1.807) is 0 Å². The Morgan fingerprint density at radius 2 is 2.14 bits per heavy atom. The van der Waals surface area contributed by atoms with E-state index < -0.39 is 0 Å². The van der Waals surface area contributed by atoms with Gasteiger partial charge in [0.2, 0.25) is 0 Å². The second kappa shape index (κ2) is 3.58. The van der Waals surface area contributed by atoms with Gasteiger partial charge in [-0.05, 0) is 32.4 Å². The van der Waals surface area contributed by atoms with Crippen LogP contribution in [0.25, 0.3) is 10.4 Å². The van der Waals surface area contributed by atoms with Crippen molar-refractivity contribution in [1.82, 2.24) is 5.16 Å². The molecule has 0 spiro atoms. The van der Waals surface area contributed by atoms with Crippen molar-refractivity contribution < 1.29 is 4.52 Å². The second-order valence-corrected chi connectivity index (χ2v) is 4.49. The van der Waals surface area contributed by atoms with Crippen molar-refractivity contribution >= 4 is 11.3 Å². The van der Waals surface area contributed by atoms with Crippen molar-refractivity contribution in [3.8, 4) is 10.4 Å². The summed E-state index contributed by atoms with van der Waals surface area (Å²) in [6.07, 6.45) is 1.09. The van der Waals surface area contributed by atoms with Crippen LogP contribution in [0.15, 0.2) is 16.7 Å². The molecule has 2 aromatic rings. The quantitative estimate of drug-likeness (QED) is 0.752. The molecule has 0 aliphatic rings. The van der Waals surface area contributed by atoms with Gasteiger partial charge in [-0.2, -0.15) is 0 Å². The van der Waals surface area contributed by atoms with Gasteiger partial charge in [-0.1, -0.05) is 12.1 Å². The molecule has 0 unspecified atom stereocenters. The maximum Gasteiger partial charge on any atom is 0.142 e. The summed E-state index contributed by atoms with van der Waals surface area (Å²) < 4.78 is 5.15. The Morgan fingerprint density at radius 1 is 1.36 bits per heavy atom. The summed E-state index contributed by atoms with van der Waals surface area (Å²) >= 11 is 1.82. The highest BCUT2D eigenvalue weighted by molar-refractivity contribution is 7.15. The van der Waals surface area contributed by atoms with Gasteiger partial charge in [-0.3, -0.25) is 0 Å². The standard InChI is InChI=1S/C11H13NOS/c1-4-9-5-6-10(14-9)11-7(2)12-13-8(11)3/h5-6H,4H2,1-3H3. The molecule has 2 heterocycles. The van der Waals surface area contributed by atoms with E-state index in [0.29, 0.717) is 0 Å². The molecule has 0 saturated carbocycles. The van der Waals surface area contributed by atoms with Gasteiger partial charge in [0.25, 0.3) is 0 Å². The number of nitrogens with zero attached hydrogens (tertiary/aromatic N) is 1. The van der Waals surface area contributed by atoms with Gasteiger partial charge in [0, 0.05) is 9.75 Å². The summed E-state index contributed by atoms with van der Waals surface area (Å²) in [7, 11) is 0. The first-order chi connectivity index (χ1) is 6.72. The highest BCUT2D eigenvalue weighted by Crippen LogP contribution is 2.32. The lowest BCUT2D eigenvalue weighted by Crippen LogP contribution is -1.76. The molecular formula is C11H13NOS. The number of rotatable bonds is 2. The van der Waals surface area contributed by atoms with E-state index in [4.69, 9.17) is 4.52 Å². The van der Waals surface area contributed by atoms with Crippen LogP contribution in [0.5, 0.6) is 0 Å². The molecule has 0 fully saturated rings. The summed E-state index contributed by atoms with van der Waals surface area (Å²) in [6.45, 7) is 6.11. The van der Waals surface area contributed by atoms with E-state index in [0.717, 1.165) is 23.4 Å².